The zero-order valence-electron chi connectivity index (χ0n) is 73.1. The van der Waals surface area contributed by atoms with Crippen LogP contribution < -0.4 is 95.0 Å². The van der Waals surface area contributed by atoms with Gasteiger partial charge in [0, 0.05) is 108 Å². The summed E-state index contributed by atoms with van der Waals surface area (Å²) in [5, 5.41) is 9.91. The second kappa shape index (κ2) is 32.6. The molecule has 28 rings (SSSR count). The summed E-state index contributed by atoms with van der Waals surface area (Å²) in [5.74, 6) is 0. The van der Waals surface area contributed by atoms with Crippen molar-refractivity contribution in [3.63, 3.8) is 0 Å². The number of hydrogen-bond donors (Lipinski definition) is 0. The van der Waals surface area contributed by atoms with E-state index in [1.165, 1.54) is 173 Å². The molecule has 0 saturated carbocycles. The molecular formula is C122H83B4N7. The Balaban J connectivity index is 0.0000000963. The summed E-state index contributed by atoms with van der Waals surface area (Å²) in [6.45, 7) is 3.07. The van der Waals surface area contributed by atoms with E-state index in [0.717, 1.165) is 50.8 Å². The van der Waals surface area contributed by atoms with Crippen LogP contribution in [-0.2, 0) is 0 Å². The van der Waals surface area contributed by atoms with Gasteiger partial charge in [-0.05, 0) is 277 Å². The average molecular weight is 1690 g/mol. The molecule has 11 heteroatoms. The quantitative estimate of drug-likeness (QED) is 0.126. The summed E-state index contributed by atoms with van der Waals surface area (Å²) in [5.41, 5.74) is 50.6. The first-order valence-electron chi connectivity index (χ1n) is 46.0. The summed E-state index contributed by atoms with van der Waals surface area (Å²) in [4.78, 5) is 14.3. The maximum Gasteiger partial charge on any atom is 0.250 e. The molecule has 0 spiro atoms. The Kier molecular flexibility index (Phi) is 19.2. The molecule has 0 unspecified atom stereocenters. The average Bonchev–Trinajstić information content (AvgIpc) is 1.58. The molecule has 8 aliphatic heterocycles. The molecular weight excluding hydrogens is 1610 g/mol. The maximum atomic E-state index is 9.91. The summed E-state index contributed by atoms with van der Waals surface area (Å²) in [7, 11) is 0. The lowest BCUT2D eigenvalue weighted by Gasteiger charge is -2.36. The minimum Gasteiger partial charge on any atom is -0.312 e. The van der Waals surface area contributed by atoms with Crippen LogP contribution in [0.2, 0.25) is 0 Å². The van der Waals surface area contributed by atoms with Crippen LogP contribution in [0.15, 0.2) is 485 Å². The number of anilines is 18. The summed E-state index contributed by atoms with van der Waals surface area (Å²) in [6, 6.07) is 177. The van der Waals surface area contributed by atoms with Crippen LogP contribution in [-0.4, -0.2) is 26.9 Å². The Morgan fingerprint density at radius 2 is 0.481 bits per heavy atom. The first-order chi connectivity index (χ1) is 66.0. The zero-order chi connectivity index (χ0) is 88.1. The lowest BCUT2D eigenvalue weighted by atomic mass is 9.36. The second-order valence-corrected chi connectivity index (χ2v) is 35.1. The van der Waals surface area contributed by atoms with Crippen molar-refractivity contribution in [2.24, 2.45) is 0 Å². The van der Waals surface area contributed by atoms with Gasteiger partial charge in [-0.1, -0.05) is 331 Å². The molecule has 0 N–H and O–H groups in total. The van der Waals surface area contributed by atoms with E-state index in [1.807, 2.05) is 18.2 Å². The molecule has 0 aliphatic carbocycles. The van der Waals surface area contributed by atoms with Gasteiger partial charge in [0.15, 0.2) is 0 Å². The fourth-order valence-corrected chi connectivity index (χ4v) is 22.8. The monoisotopic (exact) mass is 1690 g/mol. The van der Waals surface area contributed by atoms with Crippen LogP contribution in [0.3, 0.4) is 0 Å². The van der Waals surface area contributed by atoms with E-state index in [9.17, 15) is 5.26 Å². The minimum atomic E-state index is 0.105. The highest BCUT2D eigenvalue weighted by molar-refractivity contribution is 7.04. The topological polar surface area (TPSA) is 43.2 Å². The third-order valence-electron chi connectivity index (χ3n) is 28.0. The van der Waals surface area contributed by atoms with Gasteiger partial charge < -0.3 is 29.4 Å². The van der Waals surface area contributed by atoms with E-state index in [2.05, 4.69) is 510 Å². The van der Waals surface area contributed by atoms with Crippen molar-refractivity contribution in [1.29, 1.82) is 5.26 Å². The minimum absolute atomic E-state index is 0.105. The predicted octanol–water partition coefficient (Wildman–Crippen LogP) is 23.0. The van der Waals surface area contributed by atoms with Gasteiger partial charge in [0.25, 0.3) is 0 Å². The molecule has 0 fully saturated rings. The van der Waals surface area contributed by atoms with E-state index >= 15 is 0 Å². The molecule has 0 saturated heterocycles. The number of fused-ring (bicyclic) bond motifs is 20. The van der Waals surface area contributed by atoms with Crippen LogP contribution in [0.4, 0.5) is 102 Å². The molecule has 20 aromatic carbocycles. The van der Waals surface area contributed by atoms with Crippen molar-refractivity contribution in [2.75, 3.05) is 29.4 Å². The highest BCUT2D eigenvalue weighted by Crippen LogP contribution is 2.48. The van der Waals surface area contributed by atoms with Gasteiger partial charge in [0.1, 0.15) is 0 Å². The van der Waals surface area contributed by atoms with Crippen LogP contribution in [0.25, 0.3) is 44.5 Å². The fourth-order valence-electron chi connectivity index (χ4n) is 22.8. The molecule has 0 bridgehead atoms. The van der Waals surface area contributed by atoms with Crippen molar-refractivity contribution >= 4 is 195 Å². The van der Waals surface area contributed by atoms with Crippen molar-refractivity contribution in [1.82, 2.24) is 0 Å². The fraction of sp³-hybridized carbons (Fsp3) is 0.00820. The number of benzene rings is 20. The highest BCUT2D eigenvalue weighted by Gasteiger charge is 2.48. The van der Waals surface area contributed by atoms with Crippen molar-refractivity contribution < 1.29 is 0 Å². The SMILES string of the molecule is Cc1cccc2c1-c1cccc3c1B2c1ccccc1N3c1ccccc1.N#Cc1cccc2c1B1c3ccccc3-c3cccc(c31)N2c1ccccc1.c1ccc(N(c2ccccc2)c2ccc3c(c2)-c2cccc4c2B3c2ccccc2N4c2ccccc2)cc1.c1ccc(N(c2ccccc2)c2ccc3c(c2)B2c4ccccc4N(c4ccccc4)c4cccc-3c42)cc1. The van der Waals surface area contributed by atoms with Gasteiger partial charge in [0.2, 0.25) is 26.9 Å². The number of nitrogens with zero attached hydrogens (tertiary/aromatic N) is 7. The smallest absolute Gasteiger partial charge is 0.250 e. The van der Waals surface area contributed by atoms with Crippen LogP contribution in [0.1, 0.15) is 11.1 Å². The van der Waals surface area contributed by atoms with Gasteiger partial charge in [0.05, 0.1) is 6.07 Å². The molecule has 133 heavy (non-hydrogen) atoms. The lowest BCUT2D eigenvalue weighted by molar-refractivity contribution is 1.29. The molecule has 7 nitrogen and oxygen atoms in total. The summed E-state index contributed by atoms with van der Waals surface area (Å²) < 4.78 is 0. The number of nitriles is 1. The van der Waals surface area contributed by atoms with Gasteiger partial charge in [-0.2, -0.15) is 5.26 Å². The maximum absolute atomic E-state index is 9.91. The molecule has 8 heterocycles. The molecule has 0 atom stereocenters. The Morgan fingerprint density at radius 3 is 0.925 bits per heavy atom. The molecule has 0 radical (unpaired) electrons. The molecule has 8 aliphatic rings. The second-order valence-electron chi connectivity index (χ2n) is 35.1. The Hall–Kier alpha value is -17.1. The van der Waals surface area contributed by atoms with Crippen LogP contribution >= 0.6 is 0 Å². The van der Waals surface area contributed by atoms with E-state index in [0.29, 0.717) is 6.71 Å². The summed E-state index contributed by atoms with van der Waals surface area (Å²) in [6.07, 6.45) is 0. The molecule has 20 aromatic rings. The molecule has 618 valence electrons. The summed E-state index contributed by atoms with van der Waals surface area (Å²) >= 11 is 0. The van der Waals surface area contributed by atoms with Gasteiger partial charge in [-0.3, -0.25) is 0 Å². The van der Waals surface area contributed by atoms with Crippen LogP contribution in [0.5, 0.6) is 0 Å². The highest BCUT2D eigenvalue weighted by atomic mass is 15.2. The number of aryl methyl sites for hydroxylation is 1. The molecule has 0 aromatic heterocycles. The van der Waals surface area contributed by atoms with Crippen molar-refractivity contribution in [3.8, 4) is 50.6 Å². The predicted molar refractivity (Wildman–Crippen MR) is 564 cm³/mol. The number of rotatable bonds is 10. The third kappa shape index (κ3) is 12.8. The standard InChI is InChI=1S/2C36H25BN2.C25H15BN2.C25H18BN/c1-4-13-26(14-5-1)38(27-15-6-2-7-16-27)29-23-24-30-31-19-12-22-35-36(31)37(33(30)25-29)32-20-10-11-21-34(32)39(35)28-17-8-3-9-18-28;1-4-13-26(14-5-1)38(27-15-6-2-7-16-27)29-23-24-32-31(25-29)30-19-12-22-35-36(30)37(32)33-20-10-11-21-34(33)39(35)28-17-8-3-9-18-28;27-16-17-8-6-14-22-24(17)26-21-13-5-4-11-19(21)20-12-7-15-23(25(20)26)28(22)18-9-2-1-3-10-18;1-17-9-7-14-21-24(17)19-12-8-16-23-25(19)26(21)20-13-5-6-15-22(20)27(23)18-10-3-2-4-11-18/h2*1-25H;1-15H;2-16H,1H3. The van der Waals surface area contributed by atoms with Gasteiger partial charge in [-0.15, -0.1) is 0 Å². The van der Waals surface area contributed by atoms with Crippen LogP contribution in [0, 0.1) is 18.3 Å². The van der Waals surface area contributed by atoms with Crippen molar-refractivity contribution in [3.05, 3.63) is 496 Å². The van der Waals surface area contributed by atoms with Crippen molar-refractivity contribution in [2.45, 2.75) is 6.92 Å². The van der Waals surface area contributed by atoms with E-state index in [1.54, 1.807) is 0 Å². The third-order valence-corrected chi connectivity index (χ3v) is 28.0. The van der Waals surface area contributed by atoms with E-state index in [-0.39, 0.29) is 20.1 Å². The normalized spacial score (nSPS) is 12.7. The van der Waals surface area contributed by atoms with Gasteiger partial charge >= 0.3 is 0 Å². The first-order valence-corrected chi connectivity index (χ1v) is 46.0. The van der Waals surface area contributed by atoms with Gasteiger partial charge in [-0.25, -0.2) is 0 Å². The van der Waals surface area contributed by atoms with E-state index in [4.69, 9.17) is 0 Å². The molecule has 0 amide bonds. The largest absolute Gasteiger partial charge is 0.312 e. The number of para-hydroxylation sites is 11. The number of hydrogen-bond acceptors (Lipinski definition) is 7. The zero-order valence-corrected chi connectivity index (χ0v) is 73.1. The van der Waals surface area contributed by atoms with E-state index < -0.39 is 0 Å². The Bertz CT molecular complexity index is 7900. The Labute approximate surface area is 777 Å². The Morgan fingerprint density at radius 1 is 0.195 bits per heavy atom. The lowest BCUT2D eigenvalue weighted by Crippen LogP contribution is -2.55. The first kappa shape index (κ1) is 78.2.